The van der Waals surface area contributed by atoms with Gasteiger partial charge in [-0.05, 0) is 43.0 Å². The molecular weight excluding hydrogens is 277 g/mol. The van der Waals surface area contributed by atoms with Crippen LogP contribution in [0.4, 0.5) is 4.39 Å². The highest BCUT2D eigenvalue weighted by Gasteiger charge is 2.29. The molecule has 0 aromatic heterocycles. The maximum Gasteiger partial charge on any atom is 0.127 e. The average molecular weight is 299 g/mol. The van der Waals surface area contributed by atoms with Gasteiger partial charge in [0.25, 0.3) is 0 Å². The molecule has 0 saturated heterocycles. The molecule has 3 rings (SSSR count). The van der Waals surface area contributed by atoms with Gasteiger partial charge in [0.05, 0.1) is 7.11 Å². The average Bonchev–Trinajstić information content (AvgIpc) is 3.38. The lowest BCUT2D eigenvalue weighted by molar-refractivity contribution is 0.254. The first-order chi connectivity index (χ1) is 10.8. The van der Waals surface area contributed by atoms with Gasteiger partial charge >= 0.3 is 0 Å². The van der Waals surface area contributed by atoms with E-state index in [-0.39, 0.29) is 5.82 Å². The number of methoxy groups -OCH3 is 1. The third-order valence-corrected chi connectivity index (χ3v) is 4.24. The number of rotatable bonds is 7. The third kappa shape index (κ3) is 3.86. The second kappa shape index (κ2) is 6.93. The minimum absolute atomic E-state index is 0.0994. The third-order valence-electron chi connectivity index (χ3n) is 4.24. The Morgan fingerprint density at radius 2 is 1.82 bits per heavy atom. The molecule has 22 heavy (non-hydrogen) atoms. The van der Waals surface area contributed by atoms with Crippen molar-refractivity contribution in [2.24, 2.45) is 0 Å². The van der Waals surface area contributed by atoms with Gasteiger partial charge in [0, 0.05) is 24.7 Å². The van der Waals surface area contributed by atoms with E-state index in [1.807, 2.05) is 24.3 Å². The fraction of sp³-hybridized carbons (Fsp3) is 0.368. The van der Waals surface area contributed by atoms with Gasteiger partial charge in [0.1, 0.15) is 11.6 Å². The zero-order valence-electron chi connectivity index (χ0n) is 13.0. The summed E-state index contributed by atoms with van der Waals surface area (Å²) in [4.78, 5) is 2.41. The molecule has 1 saturated carbocycles. The fourth-order valence-electron chi connectivity index (χ4n) is 2.74. The van der Waals surface area contributed by atoms with Crippen molar-refractivity contribution in [2.75, 3.05) is 13.7 Å². The number of hydrogen-bond acceptors (Lipinski definition) is 2. The summed E-state index contributed by atoms with van der Waals surface area (Å²) in [7, 11) is 1.68. The topological polar surface area (TPSA) is 12.5 Å². The summed E-state index contributed by atoms with van der Waals surface area (Å²) < 4.78 is 19.0. The van der Waals surface area contributed by atoms with Crippen LogP contribution in [0, 0.1) is 5.82 Å². The molecule has 1 fully saturated rings. The molecule has 3 heteroatoms. The molecule has 0 bridgehead atoms. The Bertz CT molecular complexity index is 607. The zero-order valence-corrected chi connectivity index (χ0v) is 13.0. The predicted octanol–water partition coefficient (Wildman–Crippen LogP) is 4.04. The smallest absolute Gasteiger partial charge is 0.127 e. The van der Waals surface area contributed by atoms with Crippen LogP contribution in [0.3, 0.4) is 0 Å². The van der Waals surface area contributed by atoms with Crippen LogP contribution < -0.4 is 4.74 Å². The Morgan fingerprint density at radius 1 is 1.09 bits per heavy atom. The molecule has 0 aliphatic heterocycles. The lowest BCUT2D eigenvalue weighted by Gasteiger charge is -2.22. The number of benzene rings is 2. The van der Waals surface area contributed by atoms with E-state index in [0.717, 1.165) is 24.3 Å². The zero-order chi connectivity index (χ0) is 15.4. The molecule has 2 aromatic carbocycles. The Hall–Kier alpha value is -1.87. The Labute approximate surface area is 131 Å². The van der Waals surface area contributed by atoms with E-state index >= 15 is 0 Å². The van der Waals surface area contributed by atoms with Gasteiger partial charge in [0.15, 0.2) is 0 Å². The molecule has 0 N–H and O–H groups in total. The van der Waals surface area contributed by atoms with Gasteiger partial charge in [0.2, 0.25) is 0 Å². The van der Waals surface area contributed by atoms with E-state index in [4.69, 9.17) is 4.74 Å². The molecule has 0 heterocycles. The molecule has 2 nitrogen and oxygen atoms in total. The lowest BCUT2D eigenvalue weighted by atomic mass is 10.1. The van der Waals surface area contributed by atoms with E-state index in [0.29, 0.717) is 12.6 Å². The van der Waals surface area contributed by atoms with E-state index in [2.05, 4.69) is 17.0 Å². The van der Waals surface area contributed by atoms with Gasteiger partial charge in [-0.2, -0.15) is 0 Å². The van der Waals surface area contributed by atoms with E-state index in [1.165, 1.54) is 18.4 Å². The minimum Gasteiger partial charge on any atom is -0.497 e. The van der Waals surface area contributed by atoms with Crippen LogP contribution >= 0.6 is 0 Å². The van der Waals surface area contributed by atoms with Crippen LogP contribution in [0.25, 0.3) is 0 Å². The highest BCUT2D eigenvalue weighted by atomic mass is 19.1. The summed E-state index contributed by atoms with van der Waals surface area (Å²) in [5, 5.41) is 0. The molecule has 2 aromatic rings. The highest BCUT2D eigenvalue weighted by molar-refractivity contribution is 5.27. The van der Waals surface area contributed by atoms with Crippen molar-refractivity contribution in [3.05, 3.63) is 65.5 Å². The molecule has 116 valence electrons. The van der Waals surface area contributed by atoms with Crippen molar-refractivity contribution in [3.63, 3.8) is 0 Å². The normalized spacial score (nSPS) is 14.3. The molecule has 1 aliphatic carbocycles. The molecule has 0 amide bonds. The molecular formula is C19H22FNO. The molecule has 0 radical (unpaired) electrons. The van der Waals surface area contributed by atoms with Crippen molar-refractivity contribution >= 4 is 0 Å². The summed E-state index contributed by atoms with van der Waals surface area (Å²) in [6.45, 7) is 1.67. The van der Waals surface area contributed by atoms with Crippen molar-refractivity contribution in [1.82, 2.24) is 4.90 Å². The number of hydrogen-bond donors (Lipinski definition) is 0. The van der Waals surface area contributed by atoms with Crippen molar-refractivity contribution in [1.29, 1.82) is 0 Å². The predicted molar refractivity (Wildman–Crippen MR) is 86.5 cm³/mol. The number of nitrogens with zero attached hydrogens (tertiary/aromatic N) is 1. The Kier molecular flexibility index (Phi) is 4.74. The van der Waals surface area contributed by atoms with E-state index in [9.17, 15) is 4.39 Å². The van der Waals surface area contributed by atoms with Crippen molar-refractivity contribution < 1.29 is 9.13 Å². The van der Waals surface area contributed by atoms with Gasteiger partial charge < -0.3 is 4.74 Å². The van der Waals surface area contributed by atoms with Gasteiger partial charge in [-0.25, -0.2) is 4.39 Å². The maximum atomic E-state index is 13.8. The van der Waals surface area contributed by atoms with Crippen molar-refractivity contribution in [2.45, 2.75) is 31.8 Å². The summed E-state index contributed by atoms with van der Waals surface area (Å²) in [5.74, 6) is 0.784. The number of halogens is 1. The molecule has 0 unspecified atom stereocenters. The van der Waals surface area contributed by atoms with Crippen molar-refractivity contribution in [3.8, 4) is 5.75 Å². The Balaban J connectivity index is 1.61. The first-order valence-corrected chi connectivity index (χ1v) is 7.86. The van der Waals surface area contributed by atoms with Gasteiger partial charge in [-0.3, -0.25) is 4.90 Å². The van der Waals surface area contributed by atoms with E-state index in [1.54, 1.807) is 19.2 Å². The fourth-order valence-corrected chi connectivity index (χ4v) is 2.74. The quantitative estimate of drug-likeness (QED) is 0.765. The molecule has 1 aliphatic rings. The summed E-state index contributed by atoms with van der Waals surface area (Å²) in [5.41, 5.74) is 2.09. The summed E-state index contributed by atoms with van der Waals surface area (Å²) in [6, 6.07) is 15.9. The number of ether oxygens (including phenoxy) is 1. The Morgan fingerprint density at radius 3 is 2.45 bits per heavy atom. The standard InChI is InChI=1S/C19H22FNO/c1-22-18-10-6-15(7-11-18)12-13-21(17-8-9-17)14-16-4-2-3-5-19(16)20/h2-7,10-11,17H,8-9,12-14H2,1H3. The first-order valence-electron chi connectivity index (χ1n) is 7.86. The van der Waals surface area contributed by atoms with Gasteiger partial charge in [-0.1, -0.05) is 30.3 Å². The first kappa shape index (κ1) is 15.0. The van der Waals surface area contributed by atoms with Crippen LogP contribution in [0.5, 0.6) is 5.75 Å². The van der Waals surface area contributed by atoms with Gasteiger partial charge in [-0.15, -0.1) is 0 Å². The lowest BCUT2D eigenvalue weighted by Crippen LogP contribution is -2.28. The molecule has 0 atom stereocenters. The van der Waals surface area contributed by atoms with Crippen LogP contribution in [0.1, 0.15) is 24.0 Å². The summed E-state index contributed by atoms with van der Waals surface area (Å²) >= 11 is 0. The summed E-state index contributed by atoms with van der Waals surface area (Å²) in [6.07, 6.45) is 3.45. The molecule has 0 spiro atoms. The minimum atomic E-state index is -0.0994. The highest BCUT2D eigenvalue weighted by Crippen LogP contribution is 2.29. The monoisotopic (exact) mass is 299 g/mol. The second-order valence-electron chi connectivity index (χ2n) is 5.89. The van der Waals surface area contributed by atoms with Crippen LogP contribution in [0.2, 0.25) is 0 Å². The van der Waals surface area contributed by atoms with Crippen LogP contribution in [-0.2, 0) is 13.0 Å². The second-order valence-corrected chi connectivity index (χ2v) is 5.89. The van der Waals surface area contributed by atoms with Crippen LogP contribution in [-0.4, -0.2) is 24.6 Å². The van der Waals surface area contributed by atoms with E-state index < -0.39 is 0 Å². The maximum absolute atomic E-state index is 13.8. The SMILES string of the molecule is COc1ccc(CCN(Cc2ccccc2F)C2CC2)cc1. The van der Waals surface area contributed by atoms with Crippen LogP contribution in [0.15, 0.2) is 48.5 Å². The largest absolute Gasteiger partial charge is 0.497 e.